The van der Waals surface area contributed by atoms with Crippen molar-refractivity contribution in [3.63, 3.8) is 0 Å². The van der Waals surface area contributed by atoms with Crippen LogP contribution in [0.25, 0.3) is 0 Å². The van der Waals surface area contributed by atoms with Gasteiger partial charge in [-0.15, -0.1) is 0 Å². The van der Waals surface area contributed by atoms with Crippen molar-refractivity contribution < 1.29 is 4.48 Å². The molecule has 2 aliphatic heterocycles. The Morgan fingerprint density at radius 1 is 1.06 bits per heavy atom. The van der Waals surface area contributed by atoms with E-state index in [-0.39, 0.29) is 0 Å². The molecule has 0 aromatic heterocycles. The summed E-state index contributed by atoms with van der Waals surface area (Å²) in [4.78, 5) is 7.57. The van der Waals surface area contributed by atoms with E-state index in [0.717, 1.165) is 0 Å². The summed E-state index contributed by atoms with van der Waals surface area (Å²) in [7, 11) is 6.67. The van der Waals surface area contributed by atoms with E-state index in [1.165, 1.54) is 76.4 Å². The molecule has 0 N–H and O–H groups in total. The molecule has 0 amide bonds. The quantitative estimate of drug-likeness (QED) is 0.685. The van der Waals surface area contributed by atoms with Gasteiger partial charge in [0.05, 0.1) is 13.1 Å². The second-order valence-corrected chi connectivity index (χ2v) is 6.63. The van der Waals surface area contributed by atoms with Crippen LogP contribution in [0.2, 0.25) is 0 Å². The highest BCUT2D eigenvalue weighted by atomic mass is 15.5. The van der Waals surface area contributed by atoms with Gasteiger partial charge in [-0.25, -0.2) is 0 Å². The Morgan fingerprint density at radius 2 is 1.83 bits per heavy atom. The molecule has 18 heavy (non-hydrogen) atoms. The van der Waals surface area contributed by atoms with E-state index in [9.17, 15) is 0 Å². The van der Waals surface area contributed by atoms with Crippen molar-refractivity contribution in [3.8, 4) is 0 Å². The predicted octanol–water partition coefficient (Wildman–Crippen LogP) is 0.711. The van der Waals surface area contributed by atoms with Gasteiger partial charge in [-0.05, 0) is 27.6 Å². The first-order chi connectivity index (χ1) is 8.60. The van der Waals surface area contributed by atoms with Crippen LogP contribution in [0.1, 0.15) is 19.3 Å². The first kappa shape index (κ1) is 14.3. The Labute approximate surface area is 113 Å². The van der Waals surface area contributed by atoms with Gasteiger partial charge in [0.2, 0.25) is 0 Å². The minimum Gasteiger partial charge on any atom is -0.309 e. The molecule has 0 aromatic carbocycles. The fourth-order valence-corrected chi connectivity index (χ4v) is 3.62. The molecular formula is C14H31N4+. The Balaban J connectivity index is 1.95. The molecular weight excluding hydrogens is 224 g/mol. The third-order valence-electron chi connectivity index (χ3n) is 4.40. The van der Waals surface area contributed by atoms with Gasteiger partial charge in [0, 0.05) is 39.0 Å². The molecule has 0 spiro atoms. The van der Waals surface area contributed by atoms with Gasteiger partial charge in [0.25, 0.3) is 0 Å². The van der Waals surface area contributed by atoms with Gasteiger partial charge >= 0.3 is 0 Å². The Kier molecular flexibility index (Phi) is 5.01. The van der Waals surface area contributed by atoms with Crippen molar-refractivity contribution in [1.82, 2.24) is 14.7 Å². The topological polar surface area (TPSA) is 9.72 Å². The standard InChI is InChI=1S/C14H31N4/c1-15(2)7-5-11-18-12-6-10-17(14-18)9-4-8-16(3)13-18/h4-14H2,1-3H3/q+1. The van der Waals surface area contributed by atoms with Crippen molar-refractivity contribution in [2.45, 2.75) is 19.3 Å². The average molecular weight is 255 g/mol. The van der Waals surface area contributed by atoms with Gasteiger partial charge in [0.1, 0.15) is 13.3 Å². The highest BCUT2D eigenvalue weighted by Gasteiger charge is 2.35. The fraction of sp³-hybridized carbons (Fsp3) is 1.00. The summed E-state index contributed by atoms with van der Waals surface area (Å²) in [5.41, 5.74) is 0. The number of hydrogen-bond acceptors (Lipinski definition) is 3. The van der Waals surface area contributed by atoms with Crippen LogP contribution in [0.5, 0.6) is 0 Å². The van der Waals surface area contributed by atoms with E-state index in [2.05, 4.69) is 35.8 Å². The maximum Gasteiger partial charge on any atom is 0.136 e. The Hall–Kier alpha value is -0.160. The first-order valence-electron chi connectivity index (χ1n) is 7.50. The van der Waals surface area contributed by atoms with Crippen LogP contribution < -0.4 is 0 Å². The lowest BCUT2D eigenvalue weighted by atomic mass is 10.2. The summed E-state index contributed by atoms with van der Waals surface area (Å²) in [5, 5.41) is 0. The van der Waals surface area contributed by atoms with Gasteiger partial charge in [-0.3, -0.25) is 14.3 Å². The number of nitrogens with zero attached hydrogens (tertiary/aromatic N) is 4. The molecule has 2 unspecified atom stereocenters. The van der Waals surface area contributed by atoms with Crippen molar-refractivity contribution in [3.05, 3.63) is 0 Å². The van der Waals surface area contributed by atoms with Crippen molar-refractivity contribution in [2.24, 2.45) is 0 Å². The second-order valence-electron chi connectivity index (χ2n) is 6.63. The van der Waals surface area contributed by atoms with E-state index >= 15 is 0 Å². The van der Waals surface area contributed by atoms with E-state index in [1.54, 1.807) is 0 Å². The van der Waals surface area contributed by atoms with E-state index in [1.807, 2.05) is 0 Å². The molecule has 106 valence electrons. The van der Waals surface area contributed by atoms with Crippen LogP contribution in [0.4, 0.5) is 0 Å². The van der Waals surface area contributed by atoms with E-state index in [4.69, 9.17) is 0 Å². The van der Waals surface area contributed by atoms with E-state index in [0.29, 0.717) is 0 Å². The molecule has 0 radical (unpaired) electrons. The summed E-state index contributed by atoms with van der Waals surface area (Å²) in [6.07, 6.45) is 4.05. The zero-order valence-corrected chi connectivity index (χ0v) is 12.6. The molecule has 0 aromatic rings. The molecule has 4 nitrogen and oxygen atoms in total. The molecule has 2 saturated heterocycles. The van der Waals surface area contributed by atoms with Crippen LogP contribution in [-0.2, 0) is 0 Å². The lowest BCUT2D eigenvalue weighted by molar-refractivity contribution is -0.952. The third kappa shape index (κ3) is 3.92. The fourth-order valence-electron chi connectivity index (χ4n) is 3.62. The van der Waals surface area contributed by atoms with Crippen LogP contribution in [0.3, 0.4) is 0 Å². The number of rotatable bonds is 4. The highest BCUT2D eigenvalue weighted by Crippen LogP contribution is 2.20. The number of hydrogen-bond donors (Lipinski definition) is 0. The van der Waals surface area contributed by atoms with Crippen LogP contribution in [0.15, 0.2) is 0 Å². The Morgan fingerprint density at radius 3 is 2.61 bits per heavy atom. The molecule has 2 bridgehead atoms. The maximum absolute atomic E-state index is 2.70. The largest absolute Gasteiger partial charge is 0.309 e. The molecule has 2 atom stereocenters. The zero-order valence-electron chi connectivity index (χ0n) is 12.6. The smallest absolute Gasteiger partial charge is 0.136 e. The van der Waals surface area contributed by atoms with Gasteiger partial charge < -0.3 is 4.90 Å². The molecule has 0 saturated carbocycles. The summed E-state index contributed by atoms with van der Waals surface area (Å²) in [6, 6.07) is 0. The summed E-state index contributed by atoms with van der Waals surface area (Å²) >= 11 is 0. The van der Waals surface area contributed by atoms with Crippen molar-refractivity contribution in [2.75, 3.05) is 73.7 Å². The molecule has 2 fully saturated rings. The van der Waals surface area contributed by atoms with Crippen LogP contribution >= 0.6 is 0 Å². The lowest BCUT2D eigenvalue weighted by Gasteiger charge is -2.49. The molecule has 2 rings (SSSR count). The molecule has 4 heteroatoms. The molecule has 0 aliphatic carbocycles. The van der Waals surface area contributed by atoms with Gasteiger partial charge in [0.15, 0.2) is 0 Å². The minimum absolute atomic E-state index is 1.23. The van der Waals surface area contributed by atoms with Crippen LogP contribution in [0, 0.1) is 0 Å². The van der Waals surface area contributed by atoms with Crippen LogP contribution in [-0.4, -0.2) is 92.9 Å². The minimum atomic E-state index is 1.23. The second kappa shape index (κ2) is 6.33. The highest BCUT2D eigenvalue weighted by molar-refractivity contribution is 4.65. The predicted molar refractivity (Wildman–Crippen MR) is 76.3 cm³/mol. The number of fused-ring (bicyclic) bond motifs is 2. The lowest BCUT2D eigenvalue weighted by Crippen LogP contribution is -2.64. The first-order valence-corrected chi connectivity index (χ1v) is 7.50. The molecule has 2 heterocycles. The van der Waals surface area contributed by atoms with Gasteiger partial charge in [-0.2, -0.15) is 0 Å². The summed E-state index contributed by atoms with van der Waals surface area (Å²) < 4.78 is 1.31. The van der Waals surface area contributed by atoms with E-state index < -0.39 is 0 Å². The van der Waals surface area contributed by atoms with Crippen molar-refractivity contribution in [1.29, 1.82) is 0 Å². The monoisotopic (exact) mass is 255 g/mol. The Bertz CT molecular complexity index is 252. The van der Waals surface area contributed by atoms with Crippen molar-refractivity contribution >= 4 is 0 Å². The van der Waals surface area contributed by atoms with Gasteiger partial charge in [-0.1, -0.05) is 0 Å². The SMILES string of the molecule is CN(C)CCC[N+]12CCCN(CCCN(C)C1)C2. The maximum atomic E-state index is 2.70. The zero-order chi connectivity index (χ0) is 13.0. The summed E-state index contributed by atoms with van der Waals surface area (Å²) in [5.74, 6) is 0. The number of quaternary nitrogens is 1. The molecule has 2 aliphatic rings. The normalized spacial score (nSPS) is 34.3. The average Bonchev–Trinajstić information content (AvgIpc) is 2.27. The third-order valence-corrected chi connectivity index (χ3v) is 4.40. The summed E-state index contributed by atoms with van der Waals surface area (Å²) in [6.45, 7) is 10.4.